The van der Waals surface area contributed by atoms with Crippen molar-refractivity contribution in [3.05, 3.63) is 29.6 Å². The molecule has 1 aliphatic rings. The van der Waals surface area contributed by atoms with Crippen molar-refractivity contribution >= 4 is 11.9 Å². The lowest BCUT2D eigenvalue weighted by molar-refractivity contribution is -0.141. The van der Waals surface area contributed by atoms with Gasteiger partial charge in [-0.25, -0.2) is 0 Å². The Morgan fingerprint density at radius 1 is 1.44 bits per heavy atom. The maximum absolute atomic E-state index is 12.0. The molecule has 0 aromatic carbocycles. The van der Waals surface area contributed by atoms with Crippen molar-refractivity contribution in [1.29, 1.82) is 0 Å². The predicted molar refractivity (Wildman–Crippen MR) is 65.2 cm³/mol. The molecule has 0 radical (unpaired) electrons. The minimum atomic E-state index is -0.777. The molecule has 0 spiro atoms. The molecular weight excluding hydrogens is 232 g/mol. The van der Waals surface area contributed by atoms with Crippen molar-refractivity contribution < 1.29 is 14.7 Å². The summed E-state index contributed by atoms with van der Waals surface area (Å²) in [6.45, 7) is 1.83. The molecule has 1 fully saturated rings. The third kappa shape index (κ3) is 2.67. The predicted octanol–water partition coefficient (Wildman–Crippen LogP) is 1.37. The van der Waals surface area contributed by atoms with Gasteiger partial charge in [0, 0.05) is 12.2 Å². The summed E-state index contributed by atoms with van der Waals surface area (Å²) in [5, 5.41) is 11.8. The Morgan fingerprint density at radius 2 is 2.22 bits per heavy atom. The number of hydrogen-bond donors (Lipinski definition) is 2. The molecule has 0 bridgehead atoms. The van der Waals surface area contributed by atoms with Gasteiger partial charge in [-0.05, 0) is 37.8 Å². The van der Waals surface area contributed by atoms with E-state index in [0.29, 0.717) is 25.0 Å². The van der Waals surface area contributed by atoms with Gasteiger partial charge in [0.15, 0.2) is 0 Å². The van der Waals surface area contributed by atoms with Gasteiger partial charge >= 0.3 is 5.97 Å². The van der Waals surface area contributed by atoms with Gasteiger partial charge in [0.2, 0.25) is 0 Å². The second kappa shape index (κ2) is 5.16. The van der Waals surface area contributed by atoms with E-state index in [2.05, 4.69) is 10.3 Å². The summed E-state index contributed by atoms with van der Waals surface area (Å²) in [6.07, 6.45) is 3.43. The summed E-state index contributed by atoms with van der Waals surface area (Å²) < 4.78 is 0. The van der Waals surface area contributed by atoms with Crippen LogP contribution in [-0.4, -0.2) is 28.0 Å². The van der Waals surface area contributed by atoms with Gasteiger partial charge in [0.1, 0.15) is 5.69 Å². The number of carbonyl (C=O) groups excluding carboxylic acids is 1. The summed E-state index contributed by atoms with van der Waals surface area (Å²) in [4.78, 5) is 26.9. The number of rotatable bonds is 3. The van der Waals surface area contributed by atoms with Gasteiger partial charge in [0.05, 0.1) is 5.92 Å². The highest BCUT2D eigenvalue weighted by Gasteiger charge is 2.30. The Balaban J connectivity index is 1.97. The molecule has 1 aromatic heterocycles. The molecule has 2 rings (SSSR count). The summed E-state index contributed by atoms with van der Waals surface area (Å²) in [5.41, 5.74) is 1.24. The topological polar surface area (TPSA) is 79.3 Å². The Hall–Kier alpha value is -1.91. The van der Waals surface area contributed by atoms with Crippen LogP contribution in [0.1, 0.15) is 35.3 Å². The van der Waals surface area contributed by atoms with Crippen LogP contribution in [-0.2, 0) is 4.79 Å². The average Bonchev–Trinajstić information content (AvgIpc) is 2.78. The Bertz CT molecular complexity index is 473. The summed E-state index contributed by atoms with van der Waals surface area (Å²) >= 11 is 0. The molecular formula is C13H16N2O3. The minimum Gasteiger partial charge on any atom is -0.481 e. The van der Waals surface area contributed by atoms with Crippen LogP contribution in [0.3, 0.4) is 0 Å². The number of aryl methyl sites for hydroxylation is 1. The van der Waals surface area contributed by atoms with Crippen molar-refractivity contribution in [1.82, 2.24) is 10.3 Å². The molecule has 0 aliphatic heterocycles. The van der Waals surface area contributed by atoms with Crippen LogP contribution in [0.4, 0.5) is 0 Å². The lowest BCUT2D eigenvalue weighted by atomic mass is 10.1. The van der Waals surface area contributed by atoms with Crippen LogP contribution >= 0.6 is 0 Å². The van der Waals surface area contributed by atoms with E-state index in [1.165, 1.54) is 0 Å². The van der Waals surface area contributed by atoms with E-state index in [1.807, 2.05) is 13.0 Å². The van der Waals surface area contributed by atoms with Crippen molar-refractivity contribution in [3.8, 4) is 0 Å². The quantitative estimate of drug-likeness (QED) is 0.846. The number of aromatic nitrogens is 1. The zero-order chi connectivity index (χ0) is 13.1. The first-order valence-electron chi connectivity index (χ1n) is 6.03. The second-order valence-corrected chi connectivity index (χ2v) is 4.69. The van der Waals surface area contributed by atoms with E-state index in [-0.39, 0.29) is 17.9 Å². The lowest BCUT2D eigenvalue weighted by Gasteiger charge is -2.12. The lowest BCUT2D eigenvalue weighted by Crippen LogP contribution is -2.34. The maximum atomic E-state index is 12.0. The van der Waals surface area contributed by atoms with Gasteiger partial charge in [-0.15, -0.1) is 0 Å². The fourth-order valence-corrected chi connectivity index (χ4v) is 2.31. The van der Waals surface area contributed by atoms with Crippen molar-refractivity contribution in [2.45, 2.75) is 32.2 Å². The zero-order valence-corrected chi connectivity index (χ0v) is 10.2. The van der Waals surface area contributed by atoms with E-state index in [0.717, 1.165) is 5.56 Å². The highest BCUT2D eigenvalue weighted by atomic mass is 16.4. The molecule has 2 N–H and O–H groups in total. The largest absolute Gasteiger partial charge is 0.481 e. The molecule has 18 heavy (non-hydrogen) atoms. The fraction of sp³-hybridized carbons (Fsp3) is 0.462. The number of hydrogen-bond acceptors (Lipinski definition) is 3. The van der Waals surface area contributed by atoms with Gasteiger partial charge in [-0.1, -0.05) is 6.07 Å². The highest BCUT2D eigenvalue weighted by molar-refractivity contribution is 5.93. The Labute approximate surface area is 105 Å². The highest BCUT2D eigenvalue weighted by Crippen LogP contribution is 2.25. The van der Waals surface area contributed by atoms with Gasteiger partial charge < -0.3 is 10.4 Å². The first-order valence-corrected chi connectivity index (χ1v) is 6.03. The number of nitrogens with one attached hydrogen (secondary N) is 1. The fourth-order valence-electron chi connectivity index (χ4n) is 2.31. The van der Waals surface area contributed by atoms with Crippen LogP contribution in [0.2, 0.25) is 0 Å². The van der Waals surface area contributed by atoms with Crippen LogP contribution in [0.25, 0.3) is 0 Å². The van der Waals surface area contributed by atoms with Gasteiger partial charge in [-0.3, -0.25) is 14.6 Å². The molecule has 1 heterocycles. The van der Waals surface area contributed by atoms with E-state index in [1.54, 1.807) is 12.3 Å². The van der Waals surface area contributed by atoms with E-state index < -0.39 is 5.97 Å². The van der Waals surface area contributed by atoms with Crippen LogP contribution in [0.15, 0.2) is 18.3 Å². The number of pyridine rings is 1. The number of nitrogens with zero attached hydrogens (tertiary/aromatic N) is 1. The summed E-state index contributed by atoms with van der Waals surface area (Å²) in [6, 6.07) is 3.55. The minimum absolute atomic E-state index is 0.0555. The van der Waals surface area contributed by atoms with E-state index in [4.69, 9.17) is 5.11 Å². The normalized spacial score (nSPS) is 22.7. The Kier molecular flexibility index (Phi) is 3.60. The van der Waals surface area contributed by atoms with Crippen LogP contribution in [0.5, 0.6) is 0 Å². The maximum Gasteiger partial charge on any atom is 0.306 e. The SMILES string of the molecule is Cc1cccnc1C(=O)N[C@H]1CC[C@@H](C(=O)O)C1. The first-order chi connectivity index (χ1) is 8.58. The molecule has 1 aliphatic carbocycles. The molecule has 5 nitrogen and oxygen atoms in total. The van der Waals surface area contributed by atoms with Crippen molar-refractivity contribution in [3.63, 3.8) is 0 Å². The van der Waals surface area contributed by atoms with Crippen LogP contribution in [0, 0.1) is 12.8 Å². The number of aliphatic carboxylic acids is 1. The molecule has 5 heteroatoms. The molecule has 0 unspecified atom stereocenters. The van der Waals surface area contributed by atoms with E-state index >= 15 is 0 Å². The second-order valence-electron chi connectivity index (χ2n) is 4.69. The average molecular weight is 248 g/mol. The molecule has 0 saturated heterocycles. The third-order valence-corrected chi connectivity index (χ3v) is 3.34. The molecule has 1 saturated carbocycles. The van der Waals surface area contributed by atoms with Crippen molar-refractivity contribution in [2.75, 3.05) is 0 Å². The van der Waals surface area contributed by atoms with Crippen LogP contribution < -0.4 is 5.32 Å². The Morgan fingerprint density at radius 3 is 2.83 bits per heavy atom. The number of amides is 1. The number of carboxylic acids is 1. The molecule has 96 valence electrons. The smallest absolute Gasteiger partial charge is 0.306 e. The zero-order valence-electron chi connectivity index (χ0n) is 10.2. The van der Waals surface area contributed by atoms with Gasteiger partial charge in [-0.2, -0.15) is 0 Å². The summed E-state index contributed by atoms with van der Waals surface area (Å²) in [5.74, 6) is -1.33. The van der Waals surface area contributed by atoms with Crippen molar-refractivity contribution in [2.24, 2.45) is 5.92 Å². The molecule has 1 aromatic rings. The number of carboxylic acid groups (broad SMARTS) is 1. The number of carbonyl (C=O) groups is 2. The summed E-state index contributed by atoms with van der Waals surface area (Å²) in [7, 11) is 0. The molecule has 1 amide bonds. The monoisotopic (exact) mass is 248 g/mol. The first kappa shape index (κ1) is 12.5. The van der Waals surface area contributed by atoms with Gasteiger partial charge in [0.25, 0.3) is 5.91 Å². The standard InChI is InChI=1S/C13H16N2O3/c1-8-3-2-6-14-11(8)12(16)15-10-5-4-9(7-10)13(17)18/h2-3,6,9-10H,4-5,7H2,1H3,(H,15,16)(H,17,18)/t9-,10+/m1/s1. The third-order valence-electron chi connectivity index (χ3n) is 3.34. The van der Waals surface area contributed by atoms with E-state index in [9.17, 15) is 9.59 Å². The molecule has 2 atom stereocenters.